The average Bonchev–Trinajstić information content (AvgIpc) is 3.23. The van der Waals surface area contributed by atoms with E-state index in [-0.39, 0.29) is 5.58 Å². The molecule has 9 heteroatoms. The molecule has 2 N–H and O–H groups in total. The van der Waals surface area contributed by atoms with Gasteiger partial charge in [0, 0.05) is 50.0 Å². The maximum Gasteiger partial charge on any atom is 0.419 e. The van der Waals surface area contributed by atoms with Crippen LogP contribution >= 0.6 is 0 Å². The highest BCUT2D eigenvalue weighted by atomic mass is 16.4. The van der Waals surface area contributed by atoms with E-state index in [1.54, 1.807) is 12.1 Å². The molecule has 158 valence electrons. The van der Waals surface area contributed by atoms with Gasteiger partial charge in [-0.3, -0.25) is 19.8 Å². The van der Waals surface area contributed by atoms with Gasteiger partial charge in [0.1, 0.15) is 11.4 Å². The molecule has 31 heavy (non-hydrogen) atoms. The molecule has 0 aliphatic carbocycles. The van der Waals surface area contributed by atoms with Gasteiger partial charge in [-0.05, 0) is 36.8 Å². The largest absolute Gasteiger partial charge is 0.419 e. The maximum atomic E-state index is 12.1. The lowest BCUT2D eigenvalue weighted by atomic mass is 10.1. The summed E-state index contributed by atoms with van der Waals surface area (Å²) in [4.78, 5) is 34.9. The van der Waals surface area contributed by atoms with Crippen LogP contribution in [0.15, 0.2) is 56.7 Å². The Hall–Kier alpha value is -3.72. The number of benzene rings is 1. The summed E-state index contributed by atoms with van der Waals surface area (Å²) in [7, 11) is 0. The van der Waals surface area contributed by atoms with Gasteiger partial charge in [-0.1, -0.05) is 6.07 Å². The molecule has 4 heterocycles. The molecule has 1 aliphatic rings. The van der Waals surface area contributed by atoms with E-state index >= 15 is 0 Å². The summed E-state index contributed by atoms with van der Waals surface area (Å²) in [5, 5.41) is 7.60. The fraction of sp³-hybridized carbons (Fsp3) is 0.273. The molecule has 0 bridgehead atoms. The molecule has 5 rings (SSSR count). The van der Waals surface area contributed by atoms with Crippen molar-refractivity contribution < 1.29 is 4.42 Å². The van der Waals surface area contributed by atoms with Crippen LogP contribution in [0.25, 0.3) is 22.2 Å². The number of hydrogen-bond donors (Lipinski definition) is 2. The maximum absolute atomic E-state index is 12.1. The number of hydrogen-bond acceptors (Lipinski definition) is 7. The highest BCUT2D eigenvalue weighted by Crippen LogP contribution is 2.25. The minimum absolute atomic E-state index is 0.263. The van der Waals surface area contributed by atoms with Crippen molar-refractivity contribution in [2.75, 3.05) is 31.1 Å². The van der Waals surface area contributed by atoms with Crippen LogP contribution in [0.4, 0.5) is 5.82 Å². The standard InChI is InChI=1S/C22H22N6O3/c1-14-2-5-19(23-11-14)28-8-6-27(7-9-28)13-16-12-24-26-20(16)15-3-4-18-17(10-15)21(29)25-22(30)31-18/h2-5,10-12H,6-9,13H2,1H3,(H,24,26)(H,25,29,30). The van der Waals surface area contributed by atoms with Crippen molar-refractivity contribution in [2.24, 2.45) is 0 Å². The molecule has 0 amide bonds. The summed E-state index contributed by atoms with van der Waals surface area (Å²) in [6, 6.07) is 9.34. The van der Waals surface area contributed by atoms with E-state index < -0.39 is 11.3 Å². The Morgan fingerprint density at radius 2 is 1.90 bits per heavy atom. The normalized spacial score (nSPS) is 14.9. The summed E-state index contributed by atoms with van der Waals surface area (Å²) < 4.78 is 5.06. The molecule has 0 spiro atoms. The smallest absolute Gasteiger partial charge is 0.409 e. The van der Waals surface area contributed by atoms with Crippen LogP contribution in [0.2, 0.25) is 0 Å². The number of aromatic amines is 2. The molecule has 1 aromatic carbocycles. The van der Waals surface area contributed by atoms with Crippen LogP contribution < -0.4 is 16.2 Å². The SMILES string of the molecule is Cc1ccc(N2CCN(Cc3cn[nH]c3-c3ccc4oc(=O)[nH]c(=O)c4c3)CC2)nc1. The van der Waals surface area contributed by atoms with Gasteiger partial charge in [0.2, 0.25) is 0 Å². The Morgan fingerprint density at radius 1 is 1.06 bits per heavy atom. The minimum Gasteiger partial charge on any atom is -0.409 e. The molecule has 0 saturated carbocycles. The van der Waals surface area contributed by atoms with Gasteiger partial charge >= 0.3 is 5.76 Å². The zero-order valence-electron chi connectivity index (χ0n) is 17.1. The number of nitrogens with zero attached hydrogens (tertiary/aromatic N) is 4. The second-order valence-electron chi connectivity index (χ2n) is 7.78. The summed E-state index contributed by atoms with van der Waals surface area (Å²) in [6.45, 7) is 6.45. The summed E-state index contributed by atoms with van der Waals surface area (Å²) in [6.07, 6.45) is 3.72. The molecule has 4 aromatic rings. The fourth-order valence-electron chi connectivity index (χ4n) is 3.94. The third kappa shape index (κ3) is 3.87. The van der Waals surface area contributed by atoms with Crippen LogP contribution in [0.3, 0.4) is 0 Å². The van der Waals surface area contributed by atoms with E-state index in [1.165, 1.54) is 0 Å². The highest BCUT2D eigenvalue weighted by Gasteiger charge is 2.20. The van der Waals surface area contributed by atoms with E-state index in [9.17, 15) is 9.59 Å². The van der Waals surface area contributed by atoms with Gasteiger partial charge in [-0.25, -0.2) is 9.78 Å². The Kier molecular flexibility index (Phi) is 4.87. The van der Waals surface area contributed by atoms with E-state index in [0.717, 1.165) is 60.9 Å². The van der Waals surface area contributed by atoms with Gasteiger partial charge in [-0.15, -0.1) is 0 Å². The number of nitrogens with one attached hydrogen (secondary N) is 2. The lowest BCUT2D eigenvalue weighted by molar-refractivity contribution is 0.249. The van der Waals surface area contributed by atoms with Crippen molar-refractivity contribution in [3.05, 3.63) is 74.8 Å². The van der Waals surface area contributed by atoms with Crippen molar-refractivity contribution >= 4 is 16.8 Å². The lowest BCUT2D eigenvalue weighted by Gasteiger charge is -2.35. The van der Waals surface area contributed by atoms with Crippen LogP contribution in [0.1, 0.15) is 11.1 Å². The number of pyridine rings is 1. The first-order chi connectivity index (χ1) is 15.1. The molecule has 3 aromatic heterocycles. The van der Waals surface area contributed by atoms with Crippen LogP contribution in [0, 0.1) is 6.92 Å². The summed E-state index contributed by atoms with van der Waals surface area (Å²) >= 11 is 0. The zero-order chi connectivity index (χ0) is 21.4. The number of piperazine rings is 1. The molecule has 0 atom stereocenters. The topological polar surface area (TPSA) is 111 Å². The molecule has 9 nitrogen and oxygen atoms in total. The molecule has 1 saturated heterocycles. The van der Waals surface area contributed by atoms with Gasteiger partial charge in [0.25, 0.3) is 5.56 Å². The number of rotatable bonds is 4. The second-order valence-corrected chi connectivity index (χ2v) is 7.78. The van der Waals surface area contributed by atoms with Crippen molar-refractivity contribution in [3.63, 3.8) is 0 Å². The average molecular weight is 418 g/mol. The number of aryl methyl sites for hydroxylation is 1. The Bertz CT molecular complexity index is 1330. The van der Waals surface area contributed by atoms with Gasteiger partial charge < -0.3 is 9.32 Å². The second kappa shape index (κ2) is 7.84. The predicted molar refractivity (Wildman–Crippen MR) is 117 cm³/mol. The predicted octanol–water partition coefficient (Wildman–Crippen LogP) is 1.90. The lowest BCUT2D eigenvalue weighted by Crippen LogP contribution is -2.46. The summed E-state index contributed by atoms with van der Waals surface area (Å²) in [5.74, 6) is 0.259. The third-order valence-electron chi connectivity index (χ3n) is 5.63. The first kappa shape index (κ1) is 19.3. The molecular formula is C22H22N6O3. The van der Waals surface area contributed by atoms with Gasteiger partial charge in [0.15, 0.2) is 0 Å². The summed E-state index contributed by atoms with van der Waals surface area (Å²) in [5.41, 5.74) is 3.69. The third-order valence-corrected chi connectivity index (χ3v) is 5.63. The molecule has 0 radical (unpaired) electrons. The van der Waals surface area contributed by atoms with Crippen LogP contribution in [-0.2, 0) is 6.54 Å². The van der Waals surface area contributed by atoms with Gasteiger partial charge in [-0.2, -0.15) is 5.10 Å². The number of fused-ring (bicyclic) bond motifs is 1. The van der Waals surface area contributed by atoms with Crippen LogP contribution in [-0.4, -0.2) is 51.2 Å². The van der Waals surface area contributed by atoms with Crippen molar-refractivity contribution in [3.8, 4) is 11.3 Å². The molecule has 1 aliphatic heterocycles. The number of H-pyrrole nitrogens is 2. The monoisotopic (exact) mass is 418 g/mol. The van der Waals surface area contributed by atoms with E-state index in [2.05, 4.69) is 42.1 Å². The quantitative estimate of drug-likeness (QED) is 0.521. The Labute approximate surface area is 177 Å². The Balaban J connectivity index is 1.32. The number of aromatic nitrogens is 4. The molecule has 1 fully saturated rings. The number of anilines is 1. The first-order valence-corrected chi connectivity index (χ1v) is 10.2. The first-order valence-electron chi connectivity index (χ1n) is 10.2. The Morgan fingerprint density at radius 3 is 2.68 bits per heavy atom. The minimum atomic E-state index is -0.757. The van der Waals surface area contributed by atoms with E-state index in [0.29, 0.717) is 5.39 Å². The fourth-order valence-corrected chi connectivity index (χ4v) is 3.94. The van der Waals surface area contributed by atoms with E-state index in [1.807, 2.05) is 25.4 Å². The van der Waals surface area contributed by atoms with Crippen molar-refractivity contribution in [2.45, 2.75) is 13.5 Å². The van der Waals surface area contributed by atoms with Crippen LogP contribution in [0.5, 0.6) is 0 Å². The van der Waals surface area contributed by atoms with Gasteiger partial charge in [0.05, 0.1) is 17.3 Å². The van der Waals surface area contributed by atoms with Crippen molar-refractivity contribution in [1.82, 2.24) is 25.1 Å². The molecule has 0 unspecified atom stereocenters. The highest BCUT2D eigenvalue weighted by molar-refractivity contribution is 5.82. The van der Waals surface area contributed by atoms with E-state index in [4.69, 9.17) is 4.42 Å². The molecular weight excluding hydrogens is 396 g/mol. The zero-order valence-corrected chi connectivity index (χ0v) is 17.1. The van der Waals surface area contributed by atoms with Crippen molar-refractivity contribution in [1.29, 1.82) is 0 Å².